The van der Waals surface area contributed by atoms with Crippen LogP contribution < -0.4 is 10.6 Å². The van der Waals surface area contributed by atoms with Crippen LogP contribution in [0.2, 0.25) is 0 Å². The van der Waals surface area contributed by atoms with E-state index in [1.807, 2.05) is 5.32 Å². The van der Waals surface area contributed by atoms with Crippen molar-refractivity contribution >= 4 is 28.3 Å². The number of hydrogen-bond acceptors (Lipinski definition) is 6. The Bertz CT molecular complexity index is 764. The number of nitrogens with zero attached hydrogens (tertiary/aromatic N) is 1. The molecule has 0 aliphatic heterocycles. The van der Waals surface area contributed by atoms with Crippen molar-refractivity contribution in [2.75, 3.05) is 12.4 Å². The molecule has 0 aliphatic carbocycles. The number of esters is 1. The molecular formula is C15H14F3N3O3S. The zero-order valence-corrected chi connectivity index (χ0v) is 14.0. The van der Waals surface area contributed by atoms with Gasteiger partial charge < -0.3 is 15.4 Å². The van der Waals surface area contributed by atoms with Crippen molar-refractivity contribution in [1.82, 2.24) is 10.3 Å². The van der Waals surface area contributed by atoms with E-state index < -0.39 is 23.7 Å². The van der Waals surface area contributed by atoms with Crippen LogP contribution >= 0.6 is 11.3 Å². The molecule has 1 aromatic carbocycles. The molecule has 0 saturated heterocycles. The second-order valence-corrected chi connectivity index (χ2v) is 5.84. The molecule has 0 radical (unpaired) electrons. The van der Waals surface area contributed by atoms with E-state index in [-0.39, 0.29) is 10.7 Å². The van der Waals surface area contributed by atoms with Crippen LogP contribution in [0.5, 0.6) is 0 Å². The molecule has 2 N–H and O–H groups in total. The largest absolute Gasteiger partial charge is 0.466 e. The summed E-state index contributed by atoms with van der Waals surface area (Å²) < 4.78 is 45.6. The lowest BCUT2D eigenvalue weighted by Gasteiger charge is -2.34. The van der Waals surface area contributed by atoms with Crippen molar-refractivity contribution < 1.29 is 27.5 Å². The minimum absolute atomic E-state index is 0.0443. The van der Waals surface area contributed by atoms with E-state index in [1.54, 1.807) is 18.3 Å². The molecule has 6 nitrogen and oxygen atoms in total. The quantitative estimate of drug-likeness (QED) is 0.622. The van der Waals surface area contributed by atoms with Crippen LogP contribution in [-0.4, -0.2) is 35.8 Å². The number of benzene rings is 1. The first-order chi connectivity index (χ1) is 11.7. The van der Waals surface area contributed by atoms with Gasteiger partial charge in [-0.25, -0.2) is 9.78 Å². The molecule has 0 fully saturated rings. The van der Waals surface area contributed by atoms with Gasteiger partial charge in [0.05, 0.1) is 12.8 Å². The minimum Gasteiger partial charge on any atom is -0.466 e. The molecule has 0 bridgehead atoms. The monoisotopic (exact) mass is 373 g/mol. The molecule has 1 atom stereocenters. The lowest BCUT2D eigenvalue weighted by Crippen LogP contribution is -2.69. The number of aromatic nitrogens is 1. The van der Waals surface area contributed by atoms with Gasteiger partial charge in [-0.2, -0.15) is 13.2 Å². The second kappa shape index (κ2) is 7.09. The smallest absolute Gasteiger partial charge is 0.442 e. The molecule has 25 heavy (non-hydrogen) atoms. The van der Waals surface area contributed by atoms with Crippen LogP contribution in [-0.2, 0) is 9.53 Å². The van der Waals surface area contributed by atoms with Crippen LogP contribution in [0.1, 0.15) is 16.1 Å². The zero-order chi connectivity index (χ0) is 18.7. The number of aryl methyl sites for hydroxylation is 1. The summed E-state index contributed by atoms with van der Waals surface area (Å²) in [6.45, 7) is 1.58. The first-order valence-electron chi connectivity index (χ1n) is 6.92. The van der Waals surface area contributed by atoms with Crippen molar-refractivity contribution in [3.05, 3.63) is 47.0 Å². The number of halogens is 3. The van der Waals surface area contributed by atoms with Crippen LogP contribution in [0.15, 0.2) is 35.7 Å². The minimum atomic E-state index is -5.19. The maximum absolute atomic E-state index is 13.8. The molecule has 134 valence electrons. The number of thiazole rings is 1. The van der Waals surface area contributed by atoms with Crippen LogP contribution in [0.25, 0.3) is 0 Å². The third-order valence-corrected chi connectivity index (χ3v) is 4.04. The number of hydrogen-bond donors (Lipinski definition) is 2. The average molecular weight is 373 g/mol. The van der Waals surface area contributed by atoms with Crippen LogP contribution in [0, 0.1) is 6.92 Å². The fraction of sp³-hybridized carbons (Fsp3) is 0.267. The lowest BCUT2D eigenvalue weighted by atomic mass is 10.1. The fourth-order valence-electron chi connectivity index (χ4n) is 1.95. The Morgan fingerprint density at radius 1 is 1.20 bits per heavy atom. The highest BCUT2D eigenvalue weighted by atomic mass is 32.1. The van der Waals surface area contributed by atoms with Crippen molar-refractivity contribution in [2.24, 2.45) is 0 Å². The first kappa shape index (κ1) is 18.7. The van der Waals surface area contributed by atoms with E-state index in [1.165, 1.54) is 29.6 Å². The number of carbonyl (C=O) groups is 2. The first-order valence-corrected chi connectivity index (χ1v) is 7.80. The van der Waals surface area contributed by atoms with Crippen LogP contribution in [0.3, 0.4) is 0 Å². The van der Waals surface area contributed by atoms with Gasteiger partial charge in [0.25, 0.3) is 5.91 Å². The van der Waals surface area contributed by atoms with Gasteiger partial charge in [-0.3, -0.25) is 4.79 Å². The number of anilines is 1. The Morgan fingerprint density at radius 3 is 2.32 bits per heavy atom. The summed E-state index contributed by atoms with van der Waals surface area (Å²) >= 11 is 0.862. The highest BCUT2D eigenvalue weighted by Crippen LogP contribution is 2.34. The highest BCUT2D eigenvalue weighted by molar-refractivity contribution is 7.13. The summed E-state index contributed by atoms with van der Waals surface area (Å²) in [6, 6.07) is 7.22. The predicted molar refractivity (Wildman–Crippen MR) is 85.2 cm³/mol. The summed E-state index contributed by atoms with van der Waals surface area (Å²) in [7, 11) is 0.798. The van der Waals surface area contributed by atoms with Gasteiger partial charge >= 0.3 is 17.8 Å². The molecule has 0 aliphatic rings. The predicted octanol–water partition coefficient (Wildman–Crippen LogP) is 2.73. The van der Waals surface area contributed by atoms with E-state index in [2.05, 4.69) is 9.72 Å². The topological polar surface area (TPSA) is 80.3 Å². The molecule has 0 spiro atoms. The van der Waals surface area contributed by atoms with Gasteiger partial charge in [0.2, 0.25) is 0 Å². The Balaban J connectivity index is 2.46. The second-order valence-electron chi connectivity index (χ2n) is 4.98. The van der Waals surface area contributed by atoms with E-state index in [4.69, 9.17) is 0 Å². The molecule has 0 unspecified atom stereocenters. The van der Waals surface area contributed by atoms with Crippen LogP contribution in [0.4, 0.5) is 18.3 Å². The number of alkyl halides is 3. The highest BCUT2D eigenvalue weighted by Gasteiger charge is 2.64. The van der Waals surface area contributed by atoms with Crippen molar-refractivity contribution in [2.45, 2.75) is 18.8 Å². The number of carbonyl (C=O) groups excluding carboxylic acids is 2. The van der Waals surface area contributed by atoms with E-state index in [9.17, 15) is 22.8 Å². The van der Waals surface area contributed by atoms with Gasteiger partial charge in [0.15, 0.2) is 5.13 Å². The molecule has 2 rings (SSSR count). The van der Waals surface area contributed by atoms with Crippen molar-refractivity contribution in [1.29, 1.82) is 0 Å². The average Bonchev–Trinajstić information content (AvgIpc) is 2.98. The SMILES string of the molecule is COC(=O)[C@@](NC(=O)c1ccccc1)(Nc1nc(C)cs1)C(F)(F)F. The Hall–Kier alpha value is -2.62. The number of ether oxygens (including phenoxy) is 1. The molecular weight excluding hydrogens is 359 g/mol. The van der Waals surface area contributed by atoms with Crippen molar-refractivity contribution in [3.8, 4) is 0 Å². The van der Waals surface area contributed by atoms with Gasteiger partial charge in [-0.15, -0.1) is 11.3 Å². The van der Waals surface area contributed by atoms with E-state index in [0.29, 0.717) is 5.69 Å². The standard InChI is InChI=1S/C15H14F3N3O3S/c1-9-8-25-13(19-9)21-14(12(23)24-2,15(16,17)18)20-11(22)10-6-4-3-5-7-10/h3-8H,1-2H3,(H,19,21)(H,20,22)/t14-/m1/s1. The summed E-state index contributed by atoms with van der Waals surface area (Å²) in [5.41, 5.74) is -3.06. The number of amides is 1. The molecule has 1 heterocycles. The molecule has 1 amide bonds. The normalized spacial score (nSPS) is 13.6. The lowest BCUT2D eigenvalue weighted by molar-refractivity contribution is -0.203. The third kappa shape index (κ3) is 3.90. The summed E-state index contributed by atoms with van der Waals surface area (Å²) in [4.78, 5) is 28.1. The van der Waals surface area contributed by atoms with E-state index in [0.717, 1.165) is 18.4 Å². The summed E-state index contributed by atoms with van der Waals surface area (Å²) in [5, 5.41) is 5.01. The number of methoxy groups -OCH3 is 1. The van der Waals surface area contributed by atoms with E-state index >= 15 is 0 Å². The van der Waals surface area contributed by atoms with Gasteiger partial charge in [0.1, 0.15) is 0 Å². The maximum atomic E-state index is 13.8. The Morgan fingerprint density at radius 2 is 1.84 bits per heavy atom. The zero-order valence-electron chi connectivity index (χ0n) is 13.2. The number of nitrogens with one attached hydrogen (secondary N) is 2. The Labute approximate surface area is 145 Å². The summed E-state index contributed by atoms with van der Waals surface area (Å²) in [5.74, 6) is -2.80. The third-order valence-electron chi connectivity index (χ3n) is 3.17. The maximum Gasteiger partial charge on any atom is 0.442 e. The summed E-state index contributed by atoms with van der Waals surface area (Å²) in [6.07, 6.45) is -5.19. The van der Waals surface area contributed by atoms with Gasteiger partial charge in [-0.1, -0.05) is 18.2 Å². The number of rotatable bonds is 5. The van der Waals surface area contributed by atoms with Gasteiger partial charge in [-0.05, 0) is 19.1 Å². The Kier molecular flexibility index (Phi) is 5.31. The van der Waals surface area contributed by atoms with Gasteiger partial charge in [0, 0.05) is 10.9 Å². The molecule has 10 heteroatoms. The molecule has 2 aromatic rings. The fourth-order valence-corrected chi connectivity index (χ4v) is 2.69. The molecule has 0 saturated carbocycles. The molecule has 1 aromatic heterocycles. The van der Waals surface area contributed by atoms with Crippen molar-refractivity contribution in [3.63, 3.8) is 0 Å².